The van der Waals surface area contributed by atoms with Crippen LogP contribution in [0.25, 0.3) is 10.2 Å². The Morgan fingerprint density at radius 2 is 2.06 bits per heavy atom. The molecule has 98 valence electrons. The third kappa shape index (κ3) is 2.59. The highest BCUT2D eigenvalue weighted by Gasteiger charge is 2.20. The van der Waals surface area contributed by atoms with Crippen LogP contribution in [0.5, 0.6) is 0 Å². The van der Waals surface area contributed by atoms with Crippen molar-refractivity contribution in [2.24, 2.45) is 0 Å². The molecule has 0 bridgehead atoms. The molecule has 0 saturated heterocycles. The van der Waals surface area contributed by atoms with Crippen molar-refractivity contribution in [2.45, 2.75) is 39.7 Å². The van der Waals surface area contributed by atoms with Crippen molar-refractivity contribution in [1.82, 2.24) is 9.97 Å². The van der Waals surface area contributed by atoms with Gasteiger partial charge in [0.2, 0.25) is 0 Å². The smallest absolute Gasteiger partial charge is 0.138 e. The lowest BCUT2D eigenvalue weighted by Crippen LogP contribution is -2.31. The molecule has 2 rings (SSSR count). The van der Waals surface area contributed by atoms with E-state index in [9.17, 15) is 0 Å². The van der Waals surface area contributed by atoms with E-state index in [1.54, 1.807) is 17.7 Å². The lowest BCUT2D eigenvalue weighted by atomic mass is 10.0. The molecule has 18 heavy (non-hydrogen) atoms. The number of nitrogens with one attached hydrogen (secondary N) is 1. The van der Waals surface area contributed by atoms with Crippen LogP contribution in [-0.4, -0.2) is 21.4 Å². The SMILES string of the molecule is Cc1sc2ncnc(NC(C)(C)CCCl)c2c1C. The average Bonchev–Trinajstić information content (AvgIpc) is 2.55. The molecule has 2 aromatic rings. The molecule has 0 unspecified atom stereocenters. The number of anilines is 1. The molecule has 0 spiro atoms. The van der Waals surface area contributed by atoms with Gasteiger partial charge in [-0.2, -0.15) is 0 Å². The molecule has 5 heteroatoms. The van der Waals surface area contributed by atoms with E-state index in [0.29, 0.717) is 5.88 Å². The van der Waals surface area contributed by atoms with Crippen molar-refractivity contribution < 1.29 is 0 Å². The standard InChI is InChI=1S/C13H18ClN3S/c1-8-9(2)18-12-10(8)11(15-7-16-12)17-13(3,4)5-6-14/h7H,5-6H2,1-4H3,(H,15,16,17). The van der Waals surface area contributed by atoms with Crippen LogP contribution in [0.2, 0.25) is 0 Å². The Hall–Kier alpha value is -0.870. The highest BCUT2D eigenvalue weighted by Crippen LogP contribution is 2.33. The molecule has 1 N–H and O–H groups in total. The number of hydrogen-bond donors (Lipinski definition) is 1. The maximum absolute atomic E-state index is 5.84. The van der Waals surface area contributed by atoms with Gasteiger partial charge in [0.05, 0.1) is 5.39 Å². The summed E-state index contributed by atoms with van der Waals surface area (Å²) in [6.45, 7) is 8.52. The number of aryl methyl sites for hydroxylation is 2. The first-order chi connectivity index (χ1) is 8.44. The van der Waals surface area contributed by atoms with Gasteiger partial charge >= 0.3 is 0 Å². The van der Waals surface area contributed by atoms with Gasteiger partial charge in [-0.3, -0.25) is 0 Å². The number of thiophene rings is 1. The van der Waals surface area contributed by atoms with E-state index in [4.69, 9.17) is 11.6 Å². The minimum absolute atomic E-state index is 0.0642. The van der Waals surface area contributed by atoms with Crippen LogP contribution >= 0.6 is 22.9 Å². The van der Waals surface area contributed by atoms with Gasteiger partial charge in [-0.25, -0.2) is 9.97 Å². The van der Waals surface area contributed by atoms with Crippen LogP contribution < -0.4 is 5.32 Å². The molecule has 0 aliphatic heterocycles. The molecule has 2 aromatic heterocycles. The van der Waals surface area contributed by atoms with Crippen LogP contribution in [0.1, 0.15) is 30.7 Å². The first-order valence-corrected chi connectivity index (χ1v) is 7.34. The highest BCUT2D eigenvalue weighted by atomic mass is 35.5. The first-order valence-electron chi connectivity index (χ1n) is 5.99. The number of halogens is 1. The summed E-state index contributed by atoms with van der Waals surface area (Å²) in [4.78, 5) is 11.1. The fourth-order valence-corrected chi connectivity index (χ4v) is 3.37. The van der Waals surface area contributed by atoms with E-state index < -0.39 is 0 Å². The molecule has 0 saturated carbocycles. The minimum atomic E-state index is -0.0642. The van der Waals surface area contributed by atoms with E-state index in [2.05, 4.69) is 43.0 Å². The number of hydrogen-bond acceptors (Lipinski definition) is 4. The fourth-order valence-electron chi connectivity index (χ4n) is 1.90. The van der Waals surface area contributed by atoms with Crippen molar-refractivity contribution in [3.05, 3.63) is 16.8 Å². The van der Waals surface area contributed by atoms with Crippen LogP contribution in [0.4, 0.5) is 5.82 Å². The molecule has 0 fully saturated rings. The van der Waals surface area contributed by atoms with Gasteiger partial charge in [0.25, 0.3) is 0 Å². The maximum atomic E-state index is 5.84. The van der Waals surface area contributed by atoms with Gasteiger partial charge < -0.3 is 5.32 Å². The summed E-state index contributed by atoms with van der Waals surface area (Å²) >= 11 is 7.55. The Morgan fingerprint density at radius 1 is 1.33 bits per heavy atom. The highest BCUT2D eigenvalue weighted by molar-refractivity contribution is 7.18. The Kier molecular flexibility index (Phi) is 3.78. The van der Waals surface area contributed by atoms with Gasteiger partial charge in [0.1, 0.15) is 17.0 Å². The Morgan fingerprint density at radius 3 is 2.72 bits per heavy atom. The van der Waals surface area contributed by atoms with Crippen molar-refractivity contribution in [2.75, 3.05) is 11.2 Å². The summed E-state index contributed by atoms with van der Waals surface area (Å²) in [7, 11) is 0. The lowest BCUT2D eigenvalue weighted by molar-refractivity contribution is 0.549. The van der Waals surface area contributed by atoms with Crippen LogP contribution in [0.3, 0.4) is 0 Å². The third-order valence-corrected chi connectivity index (χ3v) is 4.45. The summed E-state index contributed by atoms with van der Waals surface area (Å²) in [5, 5.41) is 4.63. The van der Waals surface area contributed by atoms with Gasteiger partial charge in [0, 0.05) is 16.3 Å². The second kappa shape index (κ2) is 5.02. The lowest BCUT2D eigenvalue weighted by Gasteiger charge is -2.26. The second-order valence-corrected chi connectivity index (χ2v) is 6.71. The largest absolute Gasteiger partial charge is 0.365 e. The van der Waals surface area contributed by atoms with Crippen molar-refractivity contribution in [1.29, 1.82) is 0 Å². The van der Waals surface area contributed by atoms with E-state index in [0.717, 1.165) is 22.5 Å². The summed E-state index contributed by atoms with van der Waals surface area (Å²) < 4.78 is 0. The van der Waals surface area contributed by atoms with Gasteiger partial charge in [-0.05, 0) is 39.7 Å². The van der Waals surface area contributed by atoms with Crippen molar-refractivity contribution in [3.63, 3.8) is 0 Å². The topological polar surface area (TPSA) is 37.8 Å². The Balaban J connectivity index is 2.45. The molecular weight excluding hydrogens is 266 g/mol. The average molecular weight is 284 g/mol. The number of rotatable bonds is 4. The molecule has 0 atom stereocenters. The summed E-state index contributed by atoms with van der Waals surface area (Å²) in [6, 6.07) is 0. The predicted octanol–water partition coefficient (Wildman–Crippen LogP) is 4.13. The Bertz CT molecular complexity index is 563. The van der Waals surface area contributed by atoms with Crippen LogP contribution in [0.15, 0.2) is 6.33 Å². The molecule has 2 heterocycles. The zero-order valence-electron chi connectivity index (χ0n) is 11.2. The molecule has 0 aromatic carbocycles. The predicted molar refractivity (Wildman–Crippen MR) is 79.9 cm³/mol. The zero-order valence-corrected chi connectivity index (χ0v) is 12.7. The number of fused-ring (bicyclic) bond motifs is 1. The van der Waals surface area contributed by atoms with Crippen LogP contribution in [0, 0.1) is 13.8 Å². The normalized spacial score (nSPS) is 12.1. The van der Waals surface area contributed by atoms with Crippen molar-refractivity contribution >= 4 is 39.0 Å². The molecule has 0 radical (unpaired) electrons. The van der Waals surface area contributed by atoms with Gasteiger partial charge in [-0.1, -0.05) is 0 Å². The first kappa shape index (κ1) is 13.6. The monoisotopic (exact) mass is 283 g/mol. The molecule has 0 amide bonds. The zero-order chi connectivity index (χ0) is 13.3. The molecular formula is C13H18ClN3S. The van der Waals surface area contributed by atoms with Gasteiger partial charge in [-0.15, -0.1) is 22.9 Å². The summed E-state index contributed by atoms with van der Waals surface area (Å²) in [5.74, 6) is 1.55. The number of nitrogens with zero attached hydrogens (tertiary/aromatic N) is 2. The van der Waals surface area contributed by atoms with E-state index in [-0.39, 0.29) is 5.54 Å². The number of alkyl halides is 1. The quantitative estimate of drug-likeness (QED) is 0.858. The number of aromatic nitrogens is 2. The maximum Gasteiger partial charge on any atom is 0.138 e. The van der Waals surface area contributed by atoms with E-state index >= 15 is 0 Å². The van der Waals surface area contributed by atoms with E-state index in [1.165, 1.54) is 10.4 Å². The molecule has 0 aliphatic rings. The minimum Gasteiger partial charge on any atom is -0.365 e. The second-order valence-electron chi connectivity index (χ2n) is 5.13. The summed E-state index contributed by atoms with van der Waals surface area (Å²) in [5.41, 5.74) is 1.20. The van der Waals surface area contributed by atoms with Gasteiger partial charge in [0.15, 0.2) is 0 Å². The third-order valence-electron chi connectivity index (χ3n) is 3.14. The Labute approximate surface area is 117 Å². The summed E-state index contributed by atoms with van der Waals surface area (Å²) in [6.07, 6.45) is 2.51. The molecule has 3 nitrogen and oxygen atoms in total. The molecule has 0 aliphatic carbocycles. The fraction of sp³-hybridized carbons (Fsp3) is 0.538. The van der Waals surface area contributed by atoms with Crippen LogP contribution in [-0.2, 0) is 0 Å². The van der Waals surface area contributed by atoms with Crippen molar-refractivity contribution in [3.8, 4) is 0 Å². The van der Waals surface area contributed by atoms with E-state index in [1.807, 2.05) is 0 Å².